The van der Waals surface area contributed by atoms with Crippen LogP contribution in [0.5, 0.6) is 0 Å². The highest BCUT2D eigenvalue weighted by molar-refractivity contribution is 5.74. The fourth-order valence-corrected chi connectivity index (χ4v) is 2.27. The fourth-order valence-electron chi connectivity index (χ4n) is 2.27. The molecule has 0 aliphatic carbocycles. The lowest BCUT2D eigenvalue weighted by molar-refractivity contribution is 0.204. The summed E-state index contributed by atoms with van der Waals surface area (Å²) in [6.45, 7) is 3.40. The molecule has 0 saturated carbocycles. The molecule has 6 nitrogen and oxygen atoms in total. The predicted octanol–water partition coefficient (Wildman–Crippen LogP) is 2.55. The van der Waals surface area contributed by atoms with E-state index < -0.39 is 0 Å². The summed E-state index contributed by atoms with van der Waals surface area (Å²) in [7, 11) is 1.78. The van der Waals surface area contributed by atoms with Crippen molar-refractivity contribution in [3.8, 4) is 6.07 Å². The summed E-state index contributed by atoms with van der Waals surface area (Å²) in [4.78, 5) is 17.9. The van der Waals surface area contributed by atoms with Gasteiger partial charge in [0.15, 0.2) is 0 Å². The first-order valence-corrected chi connectivity index (χ1v) is 7.57. The lowest BCUT2D eigenvalue weighted by Crippen LogP contribution is -2.39. The summed E-state index contributed by atoms with van der Waals surface area (Å²) >= 11 is 0. The van der Waals surface area contributed by atoms with Crippen LogP contribution in [0.1, 0.15) is 30.5 Å². The van der Waals surface area contributed by atoms with E-state index in [9.17, 15) is 4.79 Å². The van der Waals surface area contributed by atoms with Crippen LogP contribution in [-0.4, -0.2) is 34.1 Å². The number of carbonyl (C=O) groups excluding carboxylic acids is 1. The van der Waals surface area contributed by atoms with E-state index >= 15 is 0 Å². The molecule has 23 heavy (non-hydrogen) atoms. The first-order chi connectivity index (χ1) is 11.1. The van der Waals surface area contributed by atoms with E-state index in [1.165, 1.54) is 0 Å². The molecule has 1 aromatic carbocycles. The number of hydrogen-bond donors (Lipinski definition) is 1. The Morgan fingerprint density at radius 1 is 1.52 bits per heavy atom. The Labute approximate surface area is 136 Å². The molecule has 0 fully saturated rings. The van der Waals surface area contributed by atoms with Gasteiger partial charge < -0.3 is 14.8 Å². The van der Waals surface area contributed by atoms with E-state index in [-0.39, 0.29) is 12.1 Å². The number of rotatable bonds is 6. The molecule has 2 aromatic rings. The highest BCUT2D eigenvalue weighted by Gasteiger charge is 2.13. The van der Waals surface area contributed by atoms with Crippen molar-refractivity contribution in [1.29, 1.82) is 5.26 Å². The summed E-state index contributed by atoms with van der Waals surface area (Å²) in [6, 6.07) is 9.12. The number of benzene rings is 1. The van der Waals surface area contributed by atoms with Crippen molar-refractivity contribution >= 4 is 6.03 Å². The molecule has 0 saturated heterocycles. The molecule has 0 bridgehead atoms. The van der Waals surface area contributed by atoms with Crippen LogP contribution in [0.3, 0.4) is 0 Å². The van der Waals surface area contributed by atoms with Crippen LogP contribution >= 0.6 is 0 Å². The van der Waals surface area contributed by atoms with E-state index in [0.717, 1.165) is 18.5 Å². The lowest BCUT2D eigenvalue weighted by Gasteiger charge is -2.21. The van der Waals surface area contributed by atoms with E-state index in [2.05, 4.69) is 16.4 Å². The second-order valence-electron chi connectivity index (χ2n) is 5.48. The summed E-state index contributed by atoms with van der Waals surface area (Å²) in [5.74, 6) is 0. The average Bonchev–Trinajstić information content (AvgIpc) is 3.08. The zero-order valence-corrected chi connectivity index (χ0v) is 13.4. The lowest BCUT2D eigenvalue weighted by atomic mass is 10.1. The Kier molecular flexibility index (Phi) is 5.75. The third kappa shape index (κ3) is 4.85. The third-order valence-corrected chi connectivity index (χ3v) is 3.67. The van der Waals surface area contributed by atoms with Crippen molar-refractivity contribution in [3.05, 3.63) is 54.1 Å². The molecule has 1 N–H and O–H groups in total. The van der Waals surface area contributed by atoms with Crippen LogP contribution in [0.25, 0.3) is 0 Å². The minimum Gasteiger partial charge on any atom is -0.337 e. The molecule has 0 aliphatic rings. The molecule has 2 rings (SSSR count). The van der Waals surface area contributed by atoms with E-state index in [1.54, 1.807) is 36.6 Å². The standard InChI is InChI=1S/C17H21N5O/c1-14(16-6-3-5-15(11-16)12-18)20-17(23)21(2)8-4-9-22-10-7-19-13-22/h3,5-7,10-11,13-14H,4,8-9H2,1-2H3,(H,20,23). The smallest absolute Gasteiger partial charge is 0.317 e. The monoisotopic (exact) mass is 311 g/mol. The molecule has 6 heteroatoms. The van der Waals surface area contributed by atoms with Crippen molar-refractivity contribution in [1.82, 2.24) is 19.8 Å². The van der Waals surface area contributed by atoms with Crippen molar-refractivity contribution in [2.24, 2.45) is 0 Å². The van der Waals surface area contributed by atoms with Gasteiger partial charge in [0.05, 0.1) is 24.0 Å². The number of hydrogen-bond acceptors (Lipinski definition) is 3. The normalized spacial score (nSPS) is 11.5. The Balaban J connectivity index is 1.81. The quantitative estimate of drug-likeness (QED) is 0.891. The Bertz CT molecular complexity index is 675. The number of amides is 2. The molecule has 2 amide bonds. The SMILES string of the molecule is CC(NC(=O)N(C)CCCn1ccnc1)c1cccc(C#N)c1. The minimum absolute atomic E-state index is 0.120. The molecule has 1 unspecified atom stereocenters. The number of carbonyl (C=O) groups is 1. The molecule has 0 spiro atoms. The van der Waals surface area contributed by atoms with Crippen LogP contribution in [-0.2, 0) is 6.54 Å². The van der Waals surface area contributed by atoms with E-state index in [4.69, 9.17) is 5.26 Å². The fraction of sp³-hybridized carbons (Fsp3) is 0.353. The van der Waals surface area contributed by atoms with Gasteiger partial charge in [-0.05, 0) is 31.0 Å². The molecule has 1 aromatic heterocycles. The zero-order chi connectivity index (χ0) is 16.7. The molecule has 120 valence electrons. The Morgan fingerprint density at radius 3 is 3.04 bits per heavy atom. The number of nitriles is 1. The highest BCUT2D eigenvalue weighted by Crippen LogP contribution is 2.14. The molecule has 1 heterocycles. The van der Waals surface area contributed by atoms with Gasteiger partial charge in [-0.3, -0.25) is 0 Å². The third-order valence-electron chi connectivity index (χ3n) is 3.67. The van der Waals surface area contributed by atoms with Crippen LogP contribution < -0.4 is 5.32 Å². The second-order valence-corrected chi connectivity index (χ2v) is 5.48. The van der Waals surface area contributed by atoms with Gasteiger partial charge >= 0.3 is 6.03 Å². The minimum atomic E-state index is -0.146. The Hall–Kier alpha value is -2.81. The van der Waals surface area contributed by atoms with Gasteiger partial charge in [-0.25, -0.2) is 9.78 Å². The maximum absolute atomic E-state index is 12.2. The van der Waals surface area contributed by atoms with Crippen LogP contribution in [0.15, 0.2) is 43.0 Å². The number of aryl methyl sites for hydroxylation is 1. The van der Waals surface area contributed by atoms with Crippen LogP contribution in [0.2, 0.25) is 0 Å². The van der Waals surface area contributed by atoms with Crippen LogP contribution in [0.4, 0.5) is 4.79 Å². The van der Waals surface area contributed by atoms with E-state index in [1.807, 2.05) is 29.8 Å². The predicted molar refractivity (Wildman–Crippen MR) is 87.6 cm³/mol. The summed E-state index contributed by atoms with van der Waals surface area (Å²) in [5.41, 5.74) is 1.52. The van der Waals surface area contributed by atoms with Gasteiger partial charge in [0.1, 0.15) is 0 Å². The van der Waals surface area contributed by atoms with Gasteiger partial charge in [-0.15, -0.1) is 0 Å². The number of imidazole rings is 1. The van der Waals surface area contributed by atoms with Crippen molar-refractivity contribution in [2.45, 2.75) is 25.9 Å². The van der Waals surface area contributed by atoms with Crippen LogP contribution in [0, 0.1) is 11.3 Å². The summed E-state index contributed by atoms with van der Waals surface area (Å²) < 4.78 is 1.99. The number of nitrogens with one attached hydrogen (secondary N) is 1. The second kappa shape index (κ2) is 7.99. The molecular weight excluding hydrogens is 290 g/mol. The van der Waals surface area contributed by atoms with Crippen molar-refractivity contribution in [3.63, 3.8) is 0 Å². The van der Waals surface area contributed by atoms with Gasteiger partial charge in [0, 0.05) is 32.5 Å². The Morgan fingerprint density at radius 2 is 2.35 bits per heavy atom. The van der Waals surface area contributed by atoms with Gasteiger partial charge in [-0.1, -0.05) is 12.1 Å². The zero-order valence-electron chi connectivity index (χ0n) is 13.4. The van der Waals surface area contributed by atoms with E-state index in [0.29, 0.717) is 12.1 Å². The van der Waals surface area contributed by atoms with Gasteiger partial charge in [0.25, 0.3) is 0 Å². The average molecular weight is 311 g/mol. The molecular formula is C17H21N5O. The molecule has 1 atom stereocenters. The summed E-state index contributed by atoms with van der Waals surface area (Å²) in [6.07, 6.45) is 6.28. The van der Waals surface area contributed by atoms with Crippen molar-refractivity contribution in [2.75, 3.05) is 13.6 Å². The first kappa shape index (κ1) is 16.6. The maximum Gasteiger partial charge on any atom is 0.317 e. The van der Waals surface area contributed by atoms with Crippen molar-refractivity contribution < 1.29 is 4.79 Å². The highest BCUT2D eigenvalue weighted by atomic mass is 16.2. The molecule has 0 aliphatic heterocycles. The maximum atomic E-state index is 12.2. The van der Waals surface area contributed by atoms with Gasteiger partial charge in [-0.2, -0.15) is 5.26 Å². The number of nitrogens with zero attached hydrogens (tertiary/aromatic N) is 4. The molecule has 0 radical (unpaired) electrons. The topological polar surface area (TPSA) is 74.0 Å². The first-order valence-electron chi connectivity index (χ1n) is 7.57. The number of urea groups is 1. The number of aromatic nitrogens is 2. The summed E-state index contributed by atoms with van der Waals surface area (Å²) in [5, 5.41) is 11.9. The van der Waals surface area contributed by atoms with Gasteiger partial charge in [0.2, 0.25) is 0 Å². The largest absolute Gasteiger partial charge is 0.337 e.